The molecule has 0 radical (unpaired) electrons. The highest BCUT2D eigenvalue weighted by Gasteiger charge is 2.54. The molecule has 1 saturated heterocycles. The zero-order chi connectivity index (χ0) is 22.7. The number of hydrogen-bond donors (Lipinski definition) is 2. The highest BCUT2D eigenvalue weighted by Crippen LogP contribution is 2.41. The molecule has 2 N–H and O–H groups in total. The van der Waals surface area contributed by atoms with Gasteiger partial charge < -0.3 is 19.3 Å². The van der Waals surface area contributed by atoms with Crippen LogP contribution in [0, 0.1) is 5.92 Å². The van der Waals surface area contributed by atoms with Gasteiger partial charge in [0.1, 0.15) is 6.10 Å². The predicted molar refractivity (Wildman–Crippen MR) is 134 cm³/mol. The van der Waals surface area contributed by atoms with Crippen LogP contribution in [0.4, 0.5) is 0 Å². The molecule has 7 atom stereocenters. The molecule has 2 aliphatic rings. The highest BCUT2D eigenvalue weighted by atomic mass is 127. The molecule has 1 aliphatic carbocycles. The van der Waals surface area contributed by atoms with Crippen molar-refractivity contribution in [2.45, 2.75) is 51.5 Å². The molecule has 0 aromatic heterocycles. The maximum atomic E-state index is 11.3. The van der Waals surface area contributed by atoms with Gasteiger partial charge in [-0.2, -0.15) is 0 Å². The van der Waals surface area contributed by atoms with Crippen LogP contribution in [0.1, 0.15) is 11.1 Å². The molecule has 32 heavy (non-hydrogen) atoms. The number of aliphatic hydroxyl groups is 1. The Labute approximate surface area is 216 Å². The van der Waals surface area contributed by atoms with E-state index in [9.17, 15) is 5.11 Å². The molecule has 5 nitrogen and oxygen atoms in total. The number of ether oxygens (including phenoxy) is 3. The summed E-state index contributed by atoms with van der Waals surface area (Å²) in [5, 5.41) is 14.6. The van der Waals surface area contributed by atoms with Crippen molar-refractivity contribution in [2.75, 3.05) is 6.61 Å². The van der Waals surface area contributed by atoms with Crippen LogP contribution in [0.15, 0.2) is 60.7 Å². The monoisotopic (exact) mass is 611 g/mol. The zero-order valence-corrected chi connectivity index (χ0v) is 21.5. The molecular weight excluding hydrogens is 588 g/mol. The number of nitrogens with one attached hydrogen (secondary N) is 1. The number of hydrogen-bond acceptors (Lipinski definition) is 5. The Bertz CT molecular complexity index is 857. The van der Waals surface area contributed by atoms with E-state index in [0.717, 1.165) is 11.1 Å². The third-order valence-corrected chi connectivity index (χ3v) is 7.96. The molecule has 4 rings (SSSR count). The number of halogens is 4. The van der Waals surface area contributed by atoms with Gasteiger partial charge in [0.15, 0.2) is 6.23 Å². The topological polar surface area (TPSA) is 60.0 Å². The quantitative estimate of drug-likeness (QED) is 0.368. The molecule has 0 bridgehead atoms. The van der Waals surface area contributed by atoms with Gasteiger partial charge in [0, 0.05) is 12.0 Å². The van der Waals surface area contributed by atoms with Crippen molar-refractivity contribution >= 4 is 57.4 Å². The predicted octanol–water partition coefficient (Wildman–Crippen LogP) is 4.64. The van der Waals surface area contributed by atoms with Gasteiger partial charge in [-0.1, -0.05) is 118 Å². The second-order valence-corrected chi connectivity index (χ2v) is 11.9. The second kappa shape index (κ2) is 11.1. The first-order valence-electron chi connectivity index (χ1n) is 10.4. The molecule has 0 spiro atoms. The minimum absolute atomic E-state index is 0.0516. The first kappa shape index (κ1) is 24.9. The van der Waals surface area contributed by atoms with Crippen molar-refractivity contribution in [1.82, 2.24) is 5.32 Å². The van der Waals surface area contributed by atoms with Gasteiger partial charge in [0.2, 0.25) is 3.79 Å². The standard InChI is InChI=1S/C23H25Cl3INO4/c24-23(25,26)22-28-18-16(13-32-22)19(29)21(31-12-15-9-5-2-6-10-15)20(17(18)27)30-11-14-7-3-1-4-8-14/h1-10,16-22,28-29H,11-13H2. The minimum Gasteiger partial charge on any atom is -0.390 e. The van der Waals surface area contributed by atoms with Crippen LogP contribution in [0.5, 0.6) is 0 Å². The van der Waals surface area contributed by atoms with E-state index in [1.165, 1.54) is 0 Å². The summed E-state index contributed by atoms with van der Waals surface area (Å²) in [5.74, 6) is -0.224. The molecule has 2 aromatic rings. The van der Waals surface area contributed by atoms with Crippen molar-refractivity contribution in [1.29, 1.82) is 0 Å². The Morgan fingerprint density at radius 3 is 2.00 bits per heavy atom. The summed E-state index contributed by atoms with van der Waals surface area (Å²) in [6.07, 6.45) is -2.48. The normalized spacial score (nSPS) is 33.0. The van der Waals surface area contributed by atoms with E-state index in [4.69, 9.17) is 49.0 Å². The van der Waals surface area contributed by atoms with Gasteiger partial charge in [-0.15, -0.1) is 0 Å². The van der Waals surface area contributed by atoms with Gasteiger partial charge in [0.05, 0.1) is 36.0 Å². The molecule has 7 unspecified atom stereocenters. The van der Waals surface area contributed by atoms with Gasteiger partial charge in [-0.3, -0.25) is 5.32 Å². The smallest absolute Gasteiger partial charge is 0.229 e. The largest absolute Gasteiger partial charge is 0.390 e. The molecule has 174 valence electrons. The molecule has 0 amide bonds. The van der Waals surface area contributed by atoms with Crippen LogP contribution in [0.2, 0.25) is 0 Å². The molecule has 9 heteroatoms. The van der Waals surface area contributed by atoms with E-state index >= 15 is 0 Å². The van der Waals surface area contributed by atoms with Crippen LogP contribution in [-0.2, 0) is 27.4 Å². The van der Waals surface area contributed by atoms with Crippen molar-refractivity contribution in [3.05, 3.63) is 71.8 Å². The molecule has 2 fully saturated rings. The first-order valence-corrected chi connectivity index (χ1v) is 12.8. The molecule has 2 aromatic carbocycles. The Balaban J connectivity index is 1.53. The zero-order valence-electron chi connectivity index (χ0n) is 17.1. The number of rotatable bonds is 6. The summed E-state index contributed by atoms with van der Waals surface area (Å²) in [5.41, 5.74) is 2.08. The van der Waals surface area contributed by atoms with E-state index in [2.05, 4.69) is 27.9 Å². The summed E-state index contributed by atoms with van der Waals surface area (Å²) < 4.78 is 16.7. The van der Waals surface area contributed by atoms with Crippen LogP contribution in [0.25, 0.3) is 0 Å². The van der Waals surface area contributed by atoms with Crippen molar-refractivity contribution in [3.8, 4) is 0 Å². The lowest BCUT2D eigenvalue weighted by Gasteiger charge is -2.51. The summed E-state index contributed by atoms with van der Waals surface area (Å²) in [7, 11) is 0. The fraction of sp³-hybridized carbons (Fsp3) is 0.478. The average molecular weight is 613 g/mol. The number of fused-ring (bicyclic) bond motifs is 1. The van der Waals surface area contributed by atoms with Crippen molar-refractivity contribution in [3.63, 3.8) is 0 Å². The van der Waals surface area contributed by atoms with Crippen LogP contribution in [0.3, 0.4) is 0 Å². The lowest BCUT2D eigenvalue weighted by molar-refractivity contribution is -0.196. The summed E-state index contributed by atoms with van der Waals surface area (Å²) in [6.45, 7) is 1.04. The Morgan fingerprint density at radius 2 is 1.47 bits per heavy atom. The molecule has 1 heterocycles. The Morgan fingerprint density at radius 1 is 0.938 bits per heavy atom. The summed E-state index contributed by atoms with van der Waals surface area (Å²) in [6, 6.07) is 19.6. The fourth-order valence-corrected chi connectivity index (χ4v) is 5.96. The number of aliphatic hydroxyl groups excluding tert-OH is 1. The summed E-state index contributed by atoms with van der Waals surface area (Å²) >= 11 is 20.6. The lowest BCUT2D eigenvalue weighted by atomic mass is 9.78. The van der Waals surface area contributed by atoms with Crippen LogP contribution in [-0.4, -0.2) is 50.0 Å². The van der Waals surface area contributed by atoms with E-state index < -0.39 is 22.2 Å². The van der Waals surface area contributed by atoms with Gasteiger partial charge in [0.25, 0.3) is 0 Å². The third kappa shape index (κ3) is 5.90. The van der Waals surface area contributed by atoms with Crippen LogP contribution < -0.4 is 5.32 Å². The van der Waals surface area contributed by atoms with E-state index in [-0.39, 0.29) is 28.6 Å². The summed E-state index contributed by atoms with van der Waals surface area (Å²) in [4.78, 5) is 0. The first-order chi connectivity index (χ1) is 15.3. The van der Waals surface area contributed by atoms with Gasteiger partial charge >= 0.3 is 0 Å². The highest BCUT2D eigenvalue weighted by molar-refractivity contribution is 14.1. The molecular formula is C23H25Cl3INO4. The van der Waals surface area contributed by atoms with E-state index in [0.29, 0.717) is 13.2 Å². The van der Waals surface area contributed by atoms with E-state index in [1.54, 1.807) is 0 Å². The average Bonchev–Trinajstić information content (AvgIpc) is 2.80. The Hall–Kier alpha value is -0.160. The lowest BCUT2D eigenvalue weighted by Crippen LogP contribution is -2.70. The van der Waals surface area contributed by atoms with Crippen molar-refractivity contribution < 1.29 is 19.3 Å². The van der Waals surface area contributed by atoms with Crippen LogP contribution >= 0.6 is 57.4 Å². The second-order valence-electron chi connectivity index (χ2n) is 8.07. The van der Waals surface area contributed by atoms with Gasteiger partial charge in [-0.25, -0.2) is 0 Å². The molecule has 1 saturated carbocycles. The van der Waals surface area contributed by atoms with Crippen molar-refractivity contribution in [2.24, 2.45) is 5.92 Å². The minimum atomic E-state index is -1.62. The molecule has 1 aliphatic heterocycles. The van der Waals surface area contributed by atoms with Gasteiger partial charge in [-0.05, 0) is 11.1 Å². The number of benzene rings is 2. The maximum absolute atomic E-state index is 11.3. The number of alkyl halides is 4. The third-order valence-electron chi connectivity index (χ3n) is 5.88. The Kier molecular flexibility index (Phi) is 8.62. The fourth-order valence-electron chi connectivity index (χ4n) is 4.22. The SMILES string of the molecule is OC1C2COC(C(Cl)(Cl)Cl)NC2C(I)C(OCc2ccccc2)C1OCc1ccccc1. The maximum Gasteiger partial charge on any atom is 0.229 e. The van der Waals surface area contributed by atoms with E-state index in [1.807, 2.05) is 60.7 Å².